The zero-order chi connectivity index (χ0) is 19.0. The van der Waals surface area contributed by atoms with Crippen molar-refractivity contribution in [2.45, 2.75) is 24.9 Å². The molecule has 27 heavy (non-hydrogen) atoms. The lowest BCUT2D eigenvalue weighted by Gasteiger charge is -2.13. The van der Waals surface area contributed by atoms with Crippen molar-refractivity contribution in [1.29, 1.82) is 0 Å². The van der Waals surface area contributed by atoms with Gasteiger partial charge in [0.05, 0.1) is 19.0 Å². The number of carbonyl (C=O) groups is 1. The number of nitrogens with zero attached hydrogens (tertiary/aromatic N) is 3. The molecular weight excluding hydrogens is 354 g/mol. The summed E-state index contributed by atoms with van der Waals surface area (Å²) in [5, 5.41) is 21.7. The van der Waals surface area contributed by atoms with Crippen molar-refractivity contribution >= 4 is 23.0 Å². The Labute approximate surface area is 152 Å². The van der Waals surface area contributed by atoms with E-state index < -0.39 is 29.9 Å². The molecule has 1 saturated heterocycles. The van der Waals surface area contributed by atoms with E-state index in [0.29, 0.717) is 5.56 Å². The van der Waals surface area contributed by atoms with Gasteiger partial charge in [-0.15, -0.1) is 0 Å². The maximum atomic E-state index is 12.3. The fraction of sp³-hybridized carbons (Fsp3) is 0.294. The van der Waals surface area contributed by atoms with E-state index in [2.05, 4.69) is 20.3 Å². The summed E-state index contributed by atoms with van der Waals surface area (Å²) < 4.78 is 7.09. The highest BCUT2D eigenvalue weighted by atomic mass is 16.5. The number of hydrogen-bond acceptors (Lipinski definition) is 7. The van der Waals surface area contributed by atoms with E-state index in [1.165, 1.54) is 10.9 Å². The van der Waals surface area contributed by atoms with E-state index in [4.69, 9.17) is 4.74 Å². The molecule has 2 aromatic heterocycles. The molecule has 1 aliphatic rings. The topological polar surface area (TPSA) is 142 Å². The number of aromatic amines is 1. The van der Waals surface area contributed by atoms with Gasteiger partial charge in [-0.3, -0.25) is 24.5 Å². The fourth-order valence-corrected chi connectivity index (χ4v) is 3.02. The number of nitrogens with one attached hydrogen (secondary N) is 2. The Bertz CT molecular complexity index is 1030. The molecule has 1 aromatic carbocycles. The van der Waals surface area contributed by atoms with E-state index in [-0.39, 0.29) is 30.1 Å². The number of aromatic nitrogens is 4. The van der Waals surface area contributed by atoms with Crippen LogP contribution in [0.1, 0.15) is 23.0 Å². The number of hydrogen-bond donors (Lipinski definition) is 4. The molecule has 4 N–H and O–H groups in total. The molecule has 10 heteroatoms. The zero-order valence-electron chi connectivity index (χ0n) is 14.1. The standard InChI is InChI=1S/C17H17N5O5/c23-7-11-10(24)6-12(27-11)22-8-18-13-14(22)19-17(21-16(13)26)20-15(25)9-4-2-1-3-5-9/h1-5,8,10-12,23-24H,6-7H2,(H2,19,20,21,25,26)/t10-,11+,12+/m0/s1. The van der Waals surface area contributed by atoms with Crippen molar-refractivity contribution in [2.24, 2.45) is 0 Å². The predicted octanol–water partition coefficient (Wildman–Crippen LogP) is 0.0126. The monoisotopic (exact) mass is 371 g/mol. The zero-order valence-corrected chi connectivity index (χ0v) is 14.1. The van der Waals surface area contributed by atoms with Gasteiger partial charge in [0.1, 0.15) is 12.3 Å². The van der Waals surface area contributed by atoms with E-state index in [1.807, 2.05) is 0 Å². The first-order chi connectivity index (χ1) is 13.1. The molecule has 0 bridgehead atoms. The lowest BCUT2D eigenvalue weighted by atomic mass is 10.2. The summed E-state index contributed by atoms with van der Waals surface area (Å²) in [5.41, 5.74) is 0.192. The van der Waals surface area contributed by atoms with Crippen molar-refractivity contribution in [3.63, 3.8) is 0 Å². The molecule has 3 atom stereocenters. The molecule has 0 spiro atoms. The minimum atomic E-state index is -0.836. The van der Waals surface area contributed by atoms with Crippen molar-refractivity contribution in [3.8, 4) is 0 Å². The Hall–Kier alpha value is -3.08. The number of benzene rings is 1. The lowest BCUT2D eigenvalue weighted by Crippen LogP contribution is -2.24. The number of carbonyl (C=O) groups excluding carboxylic acids is 1. The second kappa shape index (κ2) is 6.91. The quantitative estimate of drug-likeness (QED) is 0.506. The first-order valence-electron chi connectivity index (χ1n) is 8.34. The largest absolute Gasteiger partial charge is 0.394 e. The van der Waals surface area contributed by atoms with Gasteiger partial charge in [0.25, 0.3) is 11.5 Å². The van der Waals surface area contributed by atoms with Gasteiger partial charge >= 0.3 is 0 Å². The number of aliphatic hydroxyl groups excluding tert-OH is 2. The van der Waals surface area contributed by atoms with Crippen LogP contribution in [-0.4, -0.2) is 54.5 Å². The lowest BCUT2D eigenvalue weighted by molar-refractivity contribution is -0.0432. The Morgan fingerprint density at radius 1 is 1.37 bits per heavy atom. The highest BCUT2D eigenvalue weighted by Crippen LogP contribution is 2.30. The second-order valence-electron chi connectivity index (χ2n) is 6.17. The molecule has 3 aromatic rings. The van der Waals surface area contributed by atoms with Gasteiger partial charge in [-0.1, -0.05) is 18.2 Å². The summed E-state index contributed by atoms with van der Waals surface area (Å²) in [6, 6.07) is 8.52. The SMILES string of the molecule is O=C(Nc1nc2c(ncn2[C@H]2C[C@H](O)[C@@H](CO)O2)c(=O)[nH]1)c1ccccc1. The van der Waals surface area contributed by atoms with E-state index >= 15 is 0 Å². The van der Waals surface area contributed by atoms with Crippen LogP contribution in [0.3, 0.4) is 0 Å². The van der Waals surface area contributed by atoms with Crippen LogP contribution in [0.4, 0.5) is 5.95 Å². The van der Waals surface area contributed by atoms with Gasteiger partial charge in [-0.2, -0.15) is 4.98 Å². The average Bonchev–Trinajstić information content (AvgIpc) is 3.25. The number of rotatable bonds is 4. The Morgan fingerprint density at radius 3 is 2.85 bits per heavy atom. The molecule has 1 amide bonds. The van der Waals surface area contributed by atoms with Crippen LogP contribution in [0.15, 0.2) is 41.5 Å². The van der Waals surface area contributed by atoms with Crippen molar-refractivity contribution in [1.82, 2.24) is 19.5 Å². The summed E-state index contributed by atoms with van der Waals surface area (Å²) >= 11 is 0. The number of ether oxygens (including phenoxy) is 1. The van der Waals surface area contributed by atoms with Crippen LogP contribution in [0.5, 0.6) is 0 Å². The van der Waals surface area contributed by atoms with Crippen LogP contribution in [0.2, 0.25) is 0 Å². The van der Waals surface area contributed by atoms with E-state index in [0.717, 1.165) is 0 Å². The number of amides is 1. The van der Waals surface area contributed by atoms with E-state index in [1.54, 1.807) is 30.3 Å². The van der Waals surface area contributed by atoms with Crippen LogP contribution < -0.4 is 10.9 Å². The third-order valence-corrected chi connectivity index (χ3v) is 4.39. The smallest absolute Gasteiger partial charge is 0.280 e. The molecule has 0 aliphatic carbocycles. The molecular formula is C17H17N5O5. The summed E-state index contributed by atoms with van der Waals surface area (Å²) in [6.45, 7) is -0.323. The molecule has 0 radical (unpaired) electrons. The molecule has 10 nitrogen and oxygen atoms in total. The number of aliphatic hydroxyl groups is 2. The van der Waals surface area contributed by atoms with Gasteiger partial charge in [0.15, 0.2) is 11.2 Å². The highest BCUT2D eigenvalue weighted by molar-refractivity contribution is 6.03. The maximum Gasteiger partial charge on any atom is 0.280 e. The molecule has 0 unspecified atom stereocenters. The van der Waals surface area contributed by atoms with Crippen molar-refractivity contribution in [2.75, 3.05) is 11.9 Å². The average molecular weight is 371 g/mol. The maximum absolute atomic E-state index is 12.3. The second-order valence-corrected chi connectivity index (χ2v) is 6.17. The van der Waals surface area contributed by atoms with Crippen molar-refractivity contribution < 1.29 is 19.7 Å². The minimum absolute atomic E-state index is 0.0274. The van der Waals surface area contributed by atoms with Crippen LogP contribution in [0.25, 0.3) is 11.2 Å². The Kier molecular flexibility index (Phi) is 4.44. The minimum Gasteiger partial charge on any atom is -0.394 e. The normalized spacial score (nSPS) is 22.2. The highest BCUT2D eigenvalue weighted by Gasteiger charge is 2.35. The van der Waals surface area contributed by atoms with Crippen LogP contribution in [0, 0.1) is 0 Å². The van der Waals surface area contributed by atoms with Crippen LogP contribution >= 0.6 is 0 Å². The number of imidazole rings is 1. The van der Waals surface area contributed by atoms with Crippen LogP contribution in [-0.2, 0) is 4.74 Å². The summed E-state index contributed by atoms with van der Waals surface area (Å²) in [4.78, 5) is 35.3. The van der Waals surface area contributed by atoms with Crippen molar-refractivity contribution in [3.05, 3.63) is 52.6 Å². The third kappa shape index (κ3) is 3.21. The third-order valence-electron chi connectivity index (χ3n) is 4.39. The predicted molar refractivity (Wildman–Crippen MR) is 94.2 cm³/mol. The molecule has 1 fully saturated rings. The summed E-state index contributed by atoms with van der Waals surface area (Å²) in [5.74, 6) is -0.447. The summed E-state index contributed by atoms with van der Waals surface area (Å²) in [7, 11) is 0. The summed E-state index contributed by atoms with van der Waals surface area (Å²) in [6.07, 6.45) is -0.582. The number of anilines is 1. The first-order valence-corrected chi connectivity index (χ1v) is 8.34. The Balaban J connectivity index is 1.66. The van der Waals surface area contributed by atoms with Gasteiger partial charge in [0, 0.05) is 12.0 Å². The Morgan fingerprint density at radius 2 is 2.15 bits per heavy atom. The number of H-pyrrole nitrogens is 1. The molecule has 0 saturated carbocycles. The van der Waals surface area contributed by atoms with Gasteiger partial charge in [-0.25, -0.2) is 4.98 Å². The molecule has 4 rings (SSSR count). The number of fused-ring (bicyclic) bond motifs is 1. The van der Waals surface area contributed by atoms with Gasteiger partial charge < -0.3 is 14.9 Å². The molecule has 1 aliphatic heterocycles. The molecule has 140 valence electrons. The van der Waals surface area contributed by atoms with Gasteiger partial charge in [-0.05, 0) is 12.1 Å². The fourth-order valence-electron chi connectivity index (χ4n) is 3.02. The van der Waals surface area contributed by atoms with Gasteiger partial charge in [0.2, 0.25) is 5.95 Å². The van der Waals surface area contributed by atoms with E-state index in [9.17, 15) is 19.8 Å². The molecule has 3 heterocycles. The first kappa shape index (κ1) is 17.3.